The van der Waals surface area contributed by atoms with E-state index < -0.39 is 5.97 Å². The first-order valence-corrected chi connectivity index (χ1v) is 8.09. The van der Waals surface area contributed by atoms with Crippen molar-refractivity contribution in [2.75, 3.05) is 14.2 Å². The van der Waals surface area contributed by atoms with Crippen molar-refractivity contribution in [3.05, 3.63) is 59.2 Å². The van der Waals surface area contributed by atoms with Gasteiger partial charge in [-0.05, 0) is 36.1 Å². The molecule has 5 nitrogen and oxygen atoms in total. The second-order valence-corrected chi connectivity index (χ2v) is 5.70. The molecule has 2 aromatic rings. The van der Waals surface area contributed by atoms with Crippen LogP contribution in [0.5, 0.6) is 11.5 Å². The van der Waals surface area contributed by atoms with E-state index in [2.05, 4.69) is 0 Å². The number of aliphatic carboxylic acids is 1. The molecule has 0 radical (unpaired) electrons. The van der Waals surface area contributed by atoms with Crippen LogP contribution < -0.4 is 9.47 Å². The standard InChI is InChI=1S/C20H22O5/c1-24-18-7-4-6-16(20(18)25-2)17(21)13-15-11-9-14(10-12-15)5-3-8-19(22)23/h4,6-7,9-12H,3,5,8,13H2,1-2H3,(H,22,23). The maximum absolute atomic E-state index is 12.6. The Morgan fingerprint density at radius 3 is 2.24 bits per heavy atom. The molecule has 0 saturated carbocycles. The molecule has 132 valence electrons. The molecule has 0 bridgehead atoms. The van der Waals surface area contributed by atoms with E-state index in [-0.39, 0.29) is 18.6 Å². The summed E-state index contributed by atoms with van der Waals surface area (Å²) in [5.74, 6) is 0.145. The number of methoxy groups -OCH3 is 2. The van der Waals surface area contributed by atoms with Gasteiger partial charge in [-0.25, -0.2) is 0 Å². The normalized spacial score (nSPS) is 10.3. The molecule has 0 saturated heterocycles. The lowest BCUT2D eigenvalue weighted by molar-refractivity contribution is -0.137. The van der Waals surface area contributed by atoms with Crippen molar-refractivity contribution in [3.63, 3.8) is 0 Å². The van der Waals surface area contributed by atoms with E-state index in [9.17, 15) is 9.59 Å². The van der Waals surface area contributed by atoms with Crippen molar-refractivity contribution >= 4 is 11.8 Å². The Morgan fingerprint density at radius 1 is 0.960 bits per heavy atom. The molecular formula is C20H22O5. The number of carbonyl (C=O) groups excluding carboxylic acids is 1. The fourth-order valence-electron chi connectivity index (χ4n) is 2.65. The lowest BCUT2D eigenvalue weighted by atomic mass is 9.99. The van der Waals surface area contributed by atoms with Crippen LogP contribution in [0.4, 0.5) is 0 Å². The quantitative estimate of drug-likeness (QED) is 0.706. The molecule has 0 aliphatic rings. The molecule has 2 aromatic carbocycles. The number of hydrogen-bond acceptors (Lipinski definition) is 4. The molecule has 0 heterocycles. The monoisotopic (exact) mass is 342 g/mol. The van der Waals surface area contributed by atoms with Gasteiger partial charge in [-0.2, -0.15) is 0 Å². The number of carbonyl (C=O) groups is 2. The number of hydrogen-bond donors (Lipinski definition) is 1. The highest BCUT2D eigenvalue weighted by atomic mass is 16.5. The molecule has 0 aromatic heterocycles. The zero-order chi connectivity index (χ0) is 18.2. The van der Waals surface area contributed by atoms with Gasteiger partial charge in [-0.15, -0.1) is 0 Å². The van der Waals surface area contributed by atoms with E-state index in [1.165, 1.54) is 14.2 Å². The topological polar surface area (TPSA) is 72.8 Å². The average Bonchev–Trinajstić information content (AvgIpc) is 2.62. The van der Waals surface area contributed by atoms with Crippen LogP contribution in [0.2, 0.25) is 0 Å². The van der Waals surface area contributed by atoms with Gasteiger partial charge in [0.15, 0.2) is 17.3 Å². The van der Waals surface area contributed by atoms with E-state index in [4.69, 9.17) is 14.6 Å². The molecule has 0 aliphatic heterocycles. The lowest BCUT2D eigenvalue weighted by Crippen LogP contribution is -2.07. The summed E-state index contributed by atoms with van der Waals surface area (Å²) in [6, 6.07) is 12.9. The number of para-hydroxylation sites is 1. The number of ketones is 1. The van der Waals surface area contributed by atoms with Gasteiger partial charge in [-0.1, -0.05) is 30.3 Å². The Morgan fingerprint density at radius 2 is 1.64 bits per heavy atom. The second-order valence-electron chi connectivity index (χ2n) is 5.70. The zero-order valence-electron chi connectivity index (χ0n) is 14.5. The summed E-state index contributed by atoms with van der Waals surface area (Å²) < 4.78 is 10.5. The smallest absolute Gasteiger partial charge is 0.303 e. The van der Waals surface area contributed by atoms with Crippen molar-refractivity contribution in [1.29, 1.82) is 0 Å². The van der Waals surface area contributed by atoms with E-state index >= 15 is 0 Å². The van der Waals surface area contributed by atoms with Crippen LogP contribution in [0.15, 0.2) is 42.5 Å². The summed E-state index contributed by atoms with van der Waals surface area (Å²) in [5, 5.41) is 8.67. The van der Waals surface area contributed by atoms with Gasteiger partial charge in [0.25, 0.3) is 0 Å². The molecular weight excluding hydrogens is 320 g/mol. The molecule has 0 atom stereocenters. The Bertz CT molecular complexity index is 734. The number of ether oxygens (including phenoxy) is 2. The van der Waals surface area contributed by atoms with Gasteiger partial charge < -0.3 is 14.6 Å². The van der Waals surface area contributed by atoms with E-state index in [0.717, 1.165) is 11.1 Å². The predicted octanol–water partition coefficient (Wildman–Crippen LogP) is 3.54. The first-order chi connectivity index (χ1) is 12.0. The highest BCUT2D eigenvalue weighted by Gasteiger charge is 2.16. The minimum absolute atomic E-state index is 0.0469. The van der Waals surface area contributed by atoms with Crippen LogP contribution in [-0.2, 0) is 17.6 Å². The van der Waals surface area contributed by atoms with Crippen LogP contribution in [0.3, 0.4) is 0 Å². The first-order valence-electron chi connectivity index (χ1n) is 8.09. The van der Waals surface area contributed by atoms with Crippen LogP contribution in [-0.4, -0.2) is 31.1 Å². The van der Waals surface area contributed by atoms with Gasteiger partial charge in [0.2, 0.25) is 0 Å². The number of carboxylic acid groups (broad SMARTS) is 1. The first kappa shape index (κ1) is 18.5. The number of Topliss-reactive ketones (excluding diaryl/α,β-unsaturated/α-hetero) is 1. The van der Waals surface area contributed by atoms with Crippen molar-refractivity contribution in [3.8, 4) is 11.5 Å². The summed E-state index contributed by atoms with van der Waals surface area (Å²) in [6.45, 7) is 0. The Labute approximate surface area is 147 Å². The minimum atomic E-state index is -0.783. The SMILES string of the molecule is COc1cccc(C(=O)Cc2ccc(CCCC(=O)O)cc2)c1OC. The van der Waals surface area contributed by atoms with Gasteiger partial charge in [-0.3, -0.25) is 9.59 Å². The highest BCUT2D eigenvalue weighted by Crippen LogP contribution is 2.31. The zero-order valence-corrected chi connectivity index (χ0v) is 14.5. The van der Waals surface area contributed by atoms with Crippen molar-refractivity contribution in [1.82, 2.24) is 0 Å². The van der Waals surface area contributed by atoms with Crippen molar-refractivity contribution < 1.29 is 24.2 Å². The maximum Gasteiger partial charge on any atom is 0.303 e. The van der Waals surface area contributed by atoms with Crippen molar-refractivity contribution in [2.45, 2.75) is 25.7 Å². The fraction of sp³-hybridized carbons (Fsp3) is 0.300. The van der Waals surface area contributed by atoms with E-state index in [1.807, 2.05) is 24.3 Å². The third kappa shape index (κ3) is 5.08. The number of benzene rings is 2. The molecule has 0 fully saturated rings. The third-order valence-corrected chi connectivity index (χ3v) is 3.95. The van der Waals surface area contributed by atoms with Crippen LogP contribution >= 0.6 is 0 Å². The maximum atomic E-state index is 12.6. The van der Waals surface area contributed by atoms with Gasteiger partial charge in [0.05, 0.1) is 19.8 Å². The largest absolute Gasteiger partial charge is 0.493 e. The Kier molecular flexibility index (Phi) is 6.57. The van der Waals surface area contributed by atoms with Crippen molar-refractivity contribution in [2.24, 2.45) is 0 Å². The Balaban J connectivity index is 2.05. The summed E-state index contributed by atoms with van der Waals surface area (Å²) in [4.78, 5) is 23.1. The van der Waals surface area contributed by atoms with E-state index in [0.29, 0.717) is 29.9 Å². The Hall–Kier alpha value is -2.82. The van der Waals surface area contributed by atoms with E-state index in [1.54, 1.807) is 18.2 Å². The van der Waals surface area contributed by atoms with Crippen LogP contribution in [0, 0.1) is 0 Å². The molecule has 5 heteroatoms. The molecule has 0 unspecified atom stereocenters. The molecule has 25 heavy (non-hydrogen) atoms. The second kappa shape index (κ2) is 8.87. The molecule has 0 amide bonds. The highest BCUT2D eigenvalue weighted by molar-refractivity contribution is 6.00. The molecule has 1 N–H and O–H groups in total. The average molecular weight is 342 g/mol. The number of carboxylic acids is 1. The lowest BCUT2D eigenvalue weighted by Gasteiger charge is -2.12. The summed E-state index contributed by atoms with van der Waals surface area (Å²) in [5.41, 5.74) is 2.46. The van der Waals surface area contributed by atoms with Crippen LogP contribution in [0.1, 0.15) is 34.3 Å². The summed E-state index contributed by atoms with van der Waals surface area (Å²) in [7, 11) is 3.05. The summed E-state index contributed by atoms with van der Waals surface area (Å²) >= 11 is 0. The minimum Gasteiger partial charge on any atom is -0.493 e. The van der Waals surface area contributed by atoms with Gasteiger partial charge >= 0.3 is 5.97 Å². The number of aryl methyl sites for hydroxylation is 1. The summed E-state index contributed by atoms with van der Waals surface area (Å²) in [6.07, 6.45) is 1.74. The number of rotatable bonds is 9. The van der Waals surface area contributed by atoms with Gasteiger partial charge in [0.1, 0.15) is 0 Å². The fourth-order valence-corrected chi connectivity index (χ4v) is 2.65. The molecule has 0 aliphatic carbocycles. The third-order valence-electron chi connectivity index (χ3n) is 3.95. The predicted molar refractivity (Wildman–Crippen MR) is 94.6 cm³/mol. The van der Waals surface area contributed by atoms with Crippen LogP contribution in [0.25, 0.3) is 0 Å². The molecule has 0 spiro atoms. The van der Waals surface area contributed by atoms with Gasteiger partial charge in [0, 0.05) is 12.8 Å². The molecule has 2 rings (SSSR count).